The van der Waals surface area contributed by atoms with Gasteiger partial charge in [0.25, 0.3) is 5.91 Å². The Morgan fingerprint density at radius 2 is 1.68 bits per heavy atom. The van der Waals surface area contributed by atoms with Crippen LogP contribution in [0.3, 0.4) is 0 Å². The summed E-state index contributed by atoms with van der Waals surface area (Å²) in [6, 6.07) is 13.4. The third-order valence-electron chi connectivity index (χ3n) is 3.01. The Hall–Kier alpha value is -2.51. The van der Waals surface area contributed by atoms with E-state index in [-0.39, 0.29) is 0 Å². The number of carbonyl (C=O) groups is 3. The SMILES string of the molecule is NC(=O)NC(=O)COC(=O)c1ccc(CSc2ccc(Cl)cc2)cc1. The number of nitrogens with one attached hydrogen (secondary N) is 1. The molecule has 0 aliphatic heterocycles. The second-order valence-corrected chi connectivity index (χ2v) is 6.41. The molecule has 0 saturated heterocycles. The second-order valence-electron chi connectivity index (χ2n) is 4.93. The van der Waals surface area contributed by atoms with Crippen molar-refractivity contribution in [3.05, 3.63) is 64.7 Å². The van der Waals surface area contributed by atoms with Gasteiger partial charge in [-0.3, -0.25) is 10.1 Å². The van der Waals surface area contributed by atoms with Crippen molar-refractivity contribution in [1.82, 2.24) is 5.32 Å². The summed E-state index contributed by atoms with van der Waals surface area (Å²) in [5.41, 5.74) is 6.13. The quantitative estimate of drug-likeness (QED) is 0.594. The van der Waals surface area contributed by atoms with Gasteiger partial charge in [0.2, 0.25) is 0 Å². The number of halogens is 1. The van der Waals surface area contributed by atoms with Gasteiger partial charge in [-0.15, -0.1) is 11.8 Å². The summed E-state index contributed by atoms with van der Waals surface area (Å²) in [6.45, 7) is -0.573. The number of hydrogen-bond acceptors (Lipinski definition) is 5. The van der Waals surface area contributed by atoms with E-state index in [0.717, 1.165) is 16.2 Å². The molecule has 3 N–H and O–H groups in total. The van der Waals surface area contributed by atoms with Crippen molar-refractivity contribution in [3.63, 3.8) is 0 Å². The molecular weight excluding hydrogens is 364 g/mol. The van der Waals surface area contributed by atoms with Crippen LogP contribution in [0.5, 0.6) is 0 Å². The van der Waals surface area contributed by atoms with Crippen molar-refractivity contribution in [3.8, 4) is 0 Å². The summed E-state index contributed by atoms with van der Waals surface area (Å²) in [7, 11) is 0. The molecule has 0 heterocycles. The first-order valence-corrected chi connectivity index (χ1v) is 8.54. The molecule has 0 fully saturated rings. The summed E-state index contributed by atoms with van der Waals surface area (Å²) < 4.78 is 4.79. The largest absolute Gasteiger partial charge is 0.452 e. The highest BCUT2D eigenvalue weighted by Gasteiger charge is 2.11. The molecule has 0 saturated carbocycles. The van der Waals surface area contributed by atoms with Crippen LogP contribution in [-0.2, 0) is 15.3 Å². The number of urea groups is 1. The van der Waals surface area contributed by atoms with E-state index >= 15 is 0 Å². The van der Waals surface area contributed by atoms with E-state index in [9.17, 15) is 14.4 Å². The van der Waals surface area contributed by atoms with E-state index in [2.05, 4.69) is 0 Å². The molecule has 0 aromatic heterocycles. The van der Waals surface area contributed by atoms with E-state index in [4.69, 9.17) is 22.1 Å². The molecule has 0 spiro atoms. The number of thioether (sulfide) groups is 1. The molecule has 0 unspecified atom stereocenters. The first-order valence-electron chi connectivity index (χ1n) is 7.18. The number of benzene rings is 2. The third kappa shape index (κ3) is 6.48. The zero-order valence-electron chi connectivity index (χ0n) is 13.0. The Labute approximate surface area is 153 Å². The lowest BCUT2D eigenvalue weighted by Gasteiger charge is -2.06. The second kappa shape index (κ2) is 9.10. The van der Waals surface area contributed by atoms with Gasteiger partial charge in [0, 0.05) is 15.7 Å². The molecule has 3 amide bonds. The molecule has 0 aliphatic carbocycles. The van der Waals surface area contributed by atoms with Crippen molar-refractivity contribution in [2.24, 2.45) is 5.73 Å². The molecular formula is C17H15ClN2O4S. The van der Waals surface area contributed by atoms with E-state index in [1.54, 1.807) is 29.2 Å². The Balaban J connectivity index is 1.84. The first kappa shape index (κ1) is 18.8. The number of esters is 1. The predicted octanol–water partition coefficient (Wildman–Crippen LogP) is 2.98. The zero-order chi connectivity index (χ0) is 18.2. The number of primary amides is 1. The molecule has 2 aromatic carbocycles. The Morgan fingerprint density at radius 3 is 2.28 bits per heavy atom. The average Bonchev–Trinajstić information content (AvgIpc) is 2.59. The number of imide groups is 1. The summed E-state index contributed by atoms with van der Waals surface area (Å²) in [5.74, 6) is -0.703. The minimum Gasteiger partial charge on any atom is -0.452 e. The van der Waals surface area contributed by atoms with Gasteiger partial charge >= 0.3 is 12.0 Å². The first-order chi connectivity index (χ1) is 11.9. The molecule has 25 heavy (non-hydrogen) atoms. The van der Waals surface area contributed by atoms with Crippen LogP contribution in [0.2, 0.25) is 5.02 Å². The smallest absolute Gasteiger partial charge is 0.338 e. The average molecular weight is 379 g/mol. The minimum absolute atomic E-state index is 0.312. The predicted molar refractivity (Wildman–Crippen MR) is 95.5 cm³/mol. The molecule has 0 bridgehead atoms. The molecule has 0 atom stereocenters. The van der Waals surface area contributed by atoms with Gasteiger partial charge in [-0.05, 0) is 42.0 Å². The van der Waals surface area contributed by atoms with Gasteiger partial charge in [-0.25, -0.2) is 9.59 Å². The molecule has 8 heteroatoms. The summed E-state index contributed by atoms with van der Waals surface area (Å²) >= 11 is 7.49. The van der Waals surface area contributed by atoms with Crippen LogP contribution in [0.4, 0.5) is 4.79 Å². The summed E-state index contributed by atoms with van der Waals surface area (Å²) in [5, 5.41) is 2.50. The maximum atomic E-state index is 11.8. The van der Waals surface area contributed by atoms with Crippen LogP contribution in [0, 0.1) is 0 Å². The van der Waals surface area contributed by atoms with E-state index in [1.165, 1.54) is 0 Å². The van der Waals surface area contributed by atoms with E-state index in [0.29, 0.717) is 10.6 Å². The van der Waals surface area contributed by atoms with Crippen LogP contribution in [0.15, 0.2) is 53.4 Å². The maximum absolute atomic E-state index is 11.8. The summed E-state index contributed by atoms with van der Waals surface area (Å²) in [4.78, 5) is 34.6. The molecule has 2 aromatic rings. The number of hydrogen-bond donors (Lipinski definition) is 2. The number of amides is 3. The van der Waals surface area contributed by atoms with Crippen molar-refractivity contribution in [2.75, 3.05) is 6.61 Å². The van der Waals surface area contributed by atoms with Crippen LogP contribution in [0.1, 0.15) is 15.9 Å². The minimum atomic E-state index is -0.997. The number of carbonyl (C=O) groups excluding carboxylic acids is 3. The fraction of sp³-hybridized carbons (Fsp3) is 0.118. The van der Waals surface area contributed by atoms with Crippen molar-refractivity contribution in [1.29, 1.82) is 0 Å². The summed E-state index contributed by atoms with van der Waals surface area (Å²) in [6.07, 6.45) is 0. The number of ether oxygens (including phenoxy) is 1. The topological polar surface area (TPSA) is 98.5 Å². The molecule has 0 aliphatic rings. The fourth-order valence-electron chi connectivity index (χ4n) is 1.82. The fourth-order valence-corrected chi connectivity index (χ4v) is 2.80. The van der Waals surface area contributed by atoms with E-state index in [1.807, 2.05) is 36.4 Å². The highest BCUT2D eigenvalue weighted by molar-refractivity contribution is 7.98. The number of rotatable bonds is 6. The van der Waals surface area contributed by atoms with Gasteiger partial charge in [-0.1, -0.05) is 23.7 Å². The van der Waals surface area contributed by atoms with Crippen LogP contribution in [-0.4, -0.2) is 24.5 Å². The van der Waals surface area contributed by atoms with Crippen LogP contribution >= 0.6 is 23.4 Å². The van der Waals surface area contributed by atoms with Crippen molar-refractivity contribution >= 4 is 41.3 Å². The molecule has 6 nitrogen and oxygen atoms in total. The van der Waals surface area contributed by atoms with Gasteiger partial charge in [0.1, 0.15) is 0 Å². The van der Waals surface area contributed by atoms with Crippen molar-refractivity contribution < 1.29 is 19.1 Å². The Kier molecular flexibility index (Phi) is 6.85. The van der Waals surface area contributed by atoms with Crippen LogP contribution < -0.4 is 11.1 Å². The maximum Gasteiger partial charge on any atom is 0.338 e. The molecule has 130 valence electrons. The Morgan fingerprint density at radius 1 is 1.04 bits per heavy atom. The Bertz CT molecular complexity index is 763. The van der Waals surface area contributed by atoms with Gasteiger partial charge in [0.05, 0.1) is 5.56 Å². The van der Waals surface area contributed by atoms with Gasteiger partial charge < -0.3 is 10.5 Å². The third-order valence-corrected chi connectivity index (χ3v) is 4.34. The van der Waals surface area contributed by atoms with Crippen molar-refractivity contribution in [2.45, 2.75) is 10.6 Å². The lowest BCUT2D eigenvalue weighted by atomic mass is 10.1. The molecule has 2 rings (SSSR count). The normalized spacial score (nSPS) is 10.1. The van der Waals surface area contributed by atoms with Gasteiger partial charge in [0.15, 0.2) is 6.61 Å². The van der Waals surface area contributed by atoms with E-state index < -0.39 is 24.5 Å². The van der Waals surface area contributed by atoms with Gasteiger partial charge in [-0.2, -0.15) is 0 Å². The lowest BCUT2D eigenvalue weighted by Crippen LogP contribution is -2.37. The van der Waals surface area contributed by atoms with Crippen LogP contribution in [0.25, 0.3) is 0 Å². The highest BCUT2D eigenvalue weighted by Crippen LogP contribution is 2.24. The number of nitrogens with two attached hydrogens (primary N) is 1. The monoisotopic (exact) mass is 378 g/mol. The molecule has 0 radical (unpaired) electrons. The standard InChI is InChI=1S/C17H15ClN2O4S/c18-13-5-7-14(8-6-13)25-10-11-1-3-12(4-2-11)16(22)24-9-15(21)20-17(19)23/h1-8H,9-10H2,(H3,19,20,21,23). The highest BCUT2D eigenvalue weighted by atomic mass is 35.5. The zero-order valence-corrected chi connectivity index (χ0v) is 14.6. The lowest BCUT2D eigenvalue weighted by molar-refractivity contribution is -0.123.